The average Bonchev–Trinajstić information content (AvgIpc) is 2.39. The SMILES string of the molecule is CNC1CCN(CC2(C)CCN(C)CC2)C(C)C1C. The van der Waals surface area contributed by atoms with Crippen LogP contribution >= 0.6 is 0 Å². The minimum Gasteiger partial charge on any atom is -0.317 e. The van der Waals surface area contributed by atoms with Crippen LogP contribution in [0.5, 0.6) is 0 Å². The normalized spacial score (nSPS) is 37.4. The van der Waals surface area contributed by atoms with Crippen molar-refractivity contribution in [3.63, 3.8) is 0 Å². The van der Waals surface area contributed by atoms with Gasteiger partial charge in [0.25, 0.3) is 0 Å². The van der Waals surface area contributed by atoms with E-state index in [-0.39, 0.29) is 0 Å². The molecule has 0 aromatic rings. The van der Waals surface area contributed by atoms with Crippen LogP contribution in [0.1, 0.15) is 40.0 Å². The Hall–Kier alpha value is -0.120. The third kappa shape index (κ3) is 3.50. The van der Waals surface area contributed by atoms with Gasteiger partial charge in [0.1, 0.15) is 0 Å². The Morgan fingerprint density at radius 3 is 2.37 bits per heavy atom. The smallest absolute Gasteiger partial charge is 0.0117 e. The lowest BCUT2D eigenvalue weighted by Crippen LogP contribution is -2.55. The lowest BCUT2D eigenvalue weighted by atomic mass is 9.78. The van der Waals surface area contributed by atoms with Gasteiger partial charge in [0.2, 0.25) is 0 Å². The minimum atomic E-state index is 0.535. The van der Waals surface area contributed by atoms with Gasteiger partial charge < -0.3 is 10.2 Å². The van der Waals surface area contributed by atoms with Crippen molar-refractivity contribution in [1.29, 1.82) is 0 Å². The highest BCUT2D eigenvalue weighted by atomic mass is 15.2. The van der Waals surface area contributed by atoms with Gasteiger partial charge >= 0.3 is 0 Å². The molecule has 2 heterocycles. The molecule has 0 aliphatic carbocycles. The van der Waals surface area contributed by atoms with E-state index in [0.717, 1.165) is 5.92 Å². The van der Waals surface area contributed by atoms with E-state index in [0.29, 0.717) is 17.5 Å². The third-order valence-electron chi connectivity index (χ3n) is 5.85. The second-order valence-corrected chi connectivity index (χ2v) is 7.37. The van der Waals surface area contributed by atoms with Crippen molar-refractivity contribution in [2.75, 3.05) is 40.3 Å². The molecule has 1 N–H and O–H groups in total. The molecule has 2 aliphatic heterocycles. The molecule has 112 valence electrons. The predicted octanol–water partition coefficient (Wildman–Crippen LogP) is 2.04. The summed E-state index contributed by atoms with van der Waals surface area (Å²) in [6, 6.07) is 1.42. The van der Waals surface area contributed by atoms with Gasteiger partial charge in [0.05, 0.1) is 0 Å². The summed E-state index contributed by atoms with van der Waals surface area (Å²) < 4.78 is 0. The van der Waals surface area contributed by atoms with Crippen LogP contribution in [-0.4, -0.2) is 62.2 Å². The van der Waals surface area contributed by atoms with Crippen LogP contribution in [0, 0.1) is 11.3 Å². The molecule has 19 heavy (non-hydrogen) atoms. The molecule has 0 amide bonds. The van der Waals surface area contributed by atoms with Gasteiger partial charge in [-0.3, -0.25) is 4.90 Å². The fourth-order valence-electron chi connectivity index (χ4n) is 3.88. The summed E-state index contributed by atoms with van der Waals surface area (Å²) in [5.74, 6) is 0.758. The molecule has 2 saturated heterocycles. The third-order valence-corrected chi connectivity index (χ3v) is 5.85. The molecule has 2 aliphatic rings. The molecule has 3 nitrogen and oxygen atoms in total. The van der Waals surface area contributed by atoms with Crippen LogP contribution in [0.3, 0.4) is 0 Å². The zero-order valence-electron chi connectivity index (χ0n) is 13.6. The molecule has 2 rings (SSSR count). The first-order valence-electron chi connectivity index (χ1n) is 8.05. The first-order chi connectivity index (χ1) is 8.95. The van der Waals surface area contributed by atoms with E-state index in [1.54, 1.807) is 0 Å². The van der Waals surface area contributed by atoms with Crippen LogP contribution in [0.15, 0.2) is 0 Å². The van der Waals surface area contributed by atoms with Crippen molar-refractivity contribution in [3.8, 4) is 0 Å². The number of hydrogen-bond donors (Lipinski definition) is 1. The summed E-state index contributed by atoms with van der Waals surface area (Å²) >= 11 is 0. The minimum absolute atomic E-state index is 0.535. The fourth-order valence-corrected chi connectivity index (χ4v) is 3.88. The number of nitrogens with zero attached hydrogens (tertiary/aromatic N) is 2. The number of nitrogens with one attached hydrogen (secondary N) is 1. The monoisotopic (exact) mass is 267 g/mol. The van der Waals surface area contributed by atoms with Gasteiger partial charge in [0, 0.05) is 18.6 Å². The Bertz CT molecular complexity index is 284. The molecule has 3 heteroatoms. The zero-order valence-corrected chi connectivity index (χ0v) is 13.6. The largest absolute Gasteiger partial charge is 0.317 e. The molecule has 0 aromatic heterocycles. The van der Waals surface area contributed by atoms with Gasteiger partial charge in [-0.25, -0.2) is 0 Å². The molecule has 0 aromatic carbocycles. The van der Waals surface area contributed by atoms with Gasteiger partial charge in [-0.15, -0.1) is 0 Å². The lowest BCUT2D eigenvalue weighted by Gasteiger charge is -2.48. The van der Waals surface area contributed by atoms with Crippen LogP contribution in [-0.2, 0) is 0 Å². The van der Waals surface area contributed by atoms with Crippen molar-refractivity contribution in [1.82, 2.24) is 15.1 Å². The summed E-state index contributed by atoms with van der Waals surface area (Å²) in [4.78, 5) is 5.23. The molecular formula is C16H33N3. The van der Waals surface area contributed by atoms with Crippen molar-refractivity contribution in [2.45, 2.75) is 52.1 Å². The quantitative estimate of drug-likeness (QED) is 0.844. The molecule has 0 spiro atoms. The molecule has 0 saturated carbocycles. The first kappa shape index (κ1) is 15.3. The summed E-state index contributed by atoms with van der Waals surface area (Å²) in [7, 11) is 4.37. The zero-order chi connectivity index (χ0) is 14.0. The molecule has 2 fully saturated rings. The van der Waals surface area contributed by atoms with E-state index in [1.165, 1.54) is 45.4 Å². The summed E-state index contributed by atoms with van der Waals surface area (Å²) in [6.07, 6.45) is 4.02. The second kappa shape index (κ2) is 6.11. The van der Waals surface area contributed by atoms with Gasteiger partial charge in [-0.2, -0.15) is 0 Å². The first-order valence-corrected chi connectivity index (χ1v) is 8.05. The maximum atomic E-state index is 3.49. The van der Waals surface area contributed by atoms with Gasteiger partial charge in [-0.05, 0) is 71.2 Å². The highest BCUT2D eigenvalue weighted by molar-refractivity contribution is 4.92. The van der Waals surface area contributed by atoms with Crippen molar-refractivity contribution >= 4 is 0 Å². The lowest BCUT2D eigenvalue weighted by molar-refractivity contribution is 0.0241. The molecule has 0 bridgehead atoms. The Morgan fingerprint density at radius 2 is 1.79 bits per heavy atom. The standard InChI is InChI=1S/C16H33N3/c1-13-14(2)19(9-6-15(13)17-4)12-16(3)7-10-18(5)11-8-16/h13-15,17H,6-12H2,1-5H3. The predicted molar refractivity (Wildman–Crippen MR) is 82.5 cm³/mol. The van der Waals surface area contributed by atoms with E-state index in [1.807, 2.05) is 0 Å². The van der Waals surface area contributed by atoms with Crippen molar-refractivity contribution < 1.29 is 0 Å². The summed E-state index contributed by atoms with van der Waals surface area (Å²) in [6.45, 7) is 12.4. The number of hydrogen-bond acceptors (Lipinski definition) is 3. The van der Waals surface area contributed by atoms with E-state index >= 15 is 0 Å². The maximum Gasteiger partial charge on any atom is 0.0117 e. The summed E-state index contributed by atoms with van der Waals surface area (Å²) in [5.41, 5.74) is 0.535. The van der Waals surface area contributed by atoms with E-state index in [4.69, 9.17) is 0 Å². The van der Waals surface area contributed by atoms with Crippen molar-refractivity contribution in [3.05, 3.63) is 0 Å². The maximum absolute atomic E-state index is 3.49. The second-order valence-electron chi connectivity index (χ2n) is 7.37. The number of likely N-dealkylation sites (tertiary alicyclic amines) is 2. The Kier molecular flexibility index (Phi) is 4.91. The molecule has 3 unspecified atom stereocenters. The molecule has 0 radical (unpaired) electrons. The molecular weight excluding hydrogens is 234 g/mol. The van der Waals surface area contributed by atoms with Gasteiger partial charge in [0.15, 0.2) is 0 Å². The van der Waals surface area contributed by atoms with Crippen LogP contribution in [0.25, 0.3) is 0 Å². The van der Waals surface area contributed by atoms with Crippen LogP contribution in [0.2, 0.25) is 0 Å². The van der Waals surface area contributed by atoms with Crippen LogP contribution in [0.4, 0.5) is 0 Å². The van der Waals surface area contributed by atoms with Crippen molar-refractivity contribution in [2.24, 2.45) is 11.3 Å². The molecule has 3 atom stereocenters. The highest BCUT2D eigenvalue weighted by Crippen LogP contribution is 2.34. The number of piperidine rings is 2. The Morgan fingerprint density at radius 1 is 1.16 bits per heavy atom. The van der Waals surface area contributed by atoms with Gasteiger partial charge in [-0.1, -0.05) is 13.8 Å². The van der Waals surface area contributed by atoms with E-state index < -0.39 is 0 Å². The fraction of sp³-hybridized carbons (Fsp3) is 1.00. The summed E-state index contributed by atoms with van der Waals surface area (Å²) in [5, 5.41) is 3.49. The van der Waals surface area contributed by atoms with Crippen LogP contribution < -0.4 is 5.32 Å². The van der Waals surface area contributed by atoms with E-state index in [2.05, 4.69) is 50.0 Å². The Balaban J connectivity index is 1.92. The Labute approximate surface area is 119 Å². The highest BCUT2D eigenvalue weighted by Gasteiger charge is 2.37. The number of rotatable bonds is 3. The topological polar surface area (TPSA) is 18.5 Å². The van der Waals surface area contributed by atoms with E-state index in [9.17, 15) is 0 Å². The average molecular weight is 267 g/mol.